The summed E-state index contributed by atoms with van der Waals surface area (Å²) in [5.41, 5.74) is -0.608. The lowest BCUT2D eigenvalue weighted by atomic mass is 9.88. The number of β-amino-alcohol motifs (C(OH)–C–C–N with tert-alkyl or cyclic N) is 1. The third-order valence-electron chi connectivity index (χ3n) is 4.98. The smallest absolute Gasteiger partial charge is 0.224 e. The quantitative estimate of drug-likeness (QED) is 0.777. The number of aliphatic hydroxyl groups is 1. The van der Waals surface area contributed by atoms with E-state index in [0.29, 0.717) is 32.0 Å². The van der Waals surface area contributed by atoms with E-state index in [9.17, 15) is 14.7 Å². The zero-order valence-corrected chi connectivity index (χ0v) is 11.9. The normalized spacial score (nSPS) is 25.4. The van der Waals surface area contributed by atoms with Crippen molar-refractivity contribution in [3.05, 3.63) is 0 Å². The molecule has 3 rings (SSSR count). The molecule has 1 aliphatic heterocycles. The van der Waals surface area contributed by atoms with Crippen molar-refractivity contribution in [1.29, 1.82) is 0 Å². The van der Waals surface area contributed by atoms with Crippen molar-refractivity contribution in [2.24, 2.45) is 11.8 Å². The van der Waals surface area contributed by atoms with Crippen LogP contribution in [0.4, 0.5) is 0 Å². The molecule has 0 atom stereocenters. The van der Waals surface area contributed by atoms with Gasteiger partial charge in [-0.05, 0) is 31.6 Å². The molecule has 0 aromatic rings. The molecule has 0 spiro atoms. The van der Waals surface area contributed by atoms with Gasteiger partial charge in [-0.15, -0.1) is 0 Å². The van der Waals surface area contributed by atoms with Gasteiger partial charge >= 0.3 is 0 Å². The van der Waals surface area contributed by atoms with Crippen LogP contribution in [0.1, 0.15) is 44.9 Å². The summed E-state index contributed by atoms with van der Waals surface area (Å²) < 4.78 is 0. The second-order valence-corrected chi connectivity index (χ2v) is 6.65. The van der Waals surface area contributed by atoms with Crippen molar-refractivity contribution in [2.75, 3.05) is 19.6 Å². The molecule has 5 nitrogen and oxygen atoms in total. The molecule has 1 heterocycles. The van der Waals surface area contributed by atoms with Gasteiger partial charge in [0.25, 0.3) is 0 Å². The number of rotatable bonds is 5. The van der Waals surface area contributed by atoms with Crippen LogP contribution in [-0.2, 0) is 9.59 Å². The van der Waals surface area contributed by atoms with Crippen LogP contribution in [0.5, 0.6) is 0 Å². The molecule has 0 aromatic heterocycles. The first-order valence-corrected chi connectivity index (χ1v) is 7.86. The van der Waals surface area contributed by atoms with Crippen molar-refractivity contribution < 1.29 is 14.7 Å². The Morgan fingerprint density at radius 1 is 1.15 bits per heavy atom. The Kier molecular flexibility index (Phi) is 3.71. The molecule has 2 saturated carbocycles. The van der Waals surface area contributed by atoms with Gasteiger partial charge in [-0.3, -0.25) is 9.59 Å². The van der Waals surface area contributed by atoms with Crippen molar-refractivity contribution in [3.63, 3.8) is 0 Å². The molecule has 1 saturated heterocycles. The third-order valence-corrected chi connectivity index (χ3v) is 4.98. The lowest BCUT2D eigenvalue weighted by molar-refractivity contribution is -0.159. The number of nitrogens with one attached hydrogen (secondary N) is 1. The minimum Gasteiger partial charge on any atom is -0.386 e. The molecule has 0 unspecified atom stereocenters. The number of amides is 2. The number of hydrogen-bond acceptors (Lipinski definition) is 3. The van der Waals surface area contributed by atoms with E-state index in [0.717, 1.165) is 38.5 Å². The first kappa shape index (κ1) is 13.9. The maximum atomic E-state index is 11.9. The molecular formula is C15H24N2O3. The van der Waals surface area contributed by atoms with Crippen LogP contribution in [0.2, 0.25) is 0 Å². The molecule has 3 fully saturated rings. The molecule has 3 aliphatic rings. The van der Waals surface area contributed by atoms with Crippen molar-refractivity contribution in [2.45, 2.75) is 50.5 Å². The van der Waals surface area contributed by atoms with E-state index in [2.05, 4.69) is 5.32 Å². The number of nitrogens with zero attached hydrogens (tertiary/aromatic N) is 1. The third kappa shape index (κ3) is 2.82. The van der Waals surface area contributed by atoms with Gasteiger partial charge in [-0.25, -0.2) is 0 Å². The fraction of sp³-hybridized carbons (Fsp3) is 0.867. The number of hydrogen-bond donors (Lipinski definition) is 2. The summed E-state index contributed by atoms with van der Waals surface area (Å²) in [7, 11) is 0. The van der Waals surface area contributed by atoms with Crippen LogP contribution in [0.3, 0.4) is 0 Å². The molecule has 0 radical (unpaired) electrons. The summed E-state index contributed by atoms with van der Waals surface area (Å²) >= 11 is 0. The van der Waals surface area contributed by atoms with Gasteiger partial charge < -0.3 is 15.3 Å². The van der Waals surface area contributed by atoms with Gasteiger partial charge in [0.05, 0.1) is 13.1 Å². The van der Waals surface area contributed by atoms with Gasteiger partial charge in [0.1, 0.15) is 5.60 Å². The van der Waals surface area contributed by atoms with E-state index in [1.807, 2.05) is 0 Å². The first-order chi connectivity index (χ1) is 9.58. The van der Waals surface area contributed by atoms with Crippen LogP contribution in [0.25, 0.3) is 0 Å². The van der Waals surface area contributed by atoms with E-state index >= 15 is 0 Å². The molecule has 2 N–H and O–H groups in total. The Bertz CT molecular complexity index is 394. The van der Waals surface area contributed by atoms with Crippen LogP contribution < -0.4 is 5.32 Å². The highest BCUT2D eigenvalue weighted by atomic mass is 16.3. The topological polar surface area (TPSA) is 69.6 Å². The molecular weight excluding hydrogens is 256 g/mol. The standard InChI is InChI=1S/C15H24N2O3/c18-13(17-9-15(20,10-17)12-5-6-12)7-8-16-14(19)11-3-1-2-4-11/h11-12,20H,1-10H2,(H,16,19). The fourth-order valence-electron chi connectivity index (χ4n) is 3.45. The molecule has 112 valence electrons. The molecule has 0 bridgehead atoms. The molecule has 2 amide bonds. The average Bonchev–Trinajstić information content (AvgIpc) is 3.10. The highest BCUT2D eigenvalue weighted by Gasteiger charge is 2.52. The van der Waals surface area contributed by atoms with Crippen molar-refractivity contribution in [3.8, 4) is 0 Å². The van der Waals surface area contributed by atoms with Crippen LogP contribution in [0, 0.1) is 11.8 Å². The summed E-state index contributed by atoms with van der Waals surface area (Å²) in [6.45, 7) is 1.38. The maximum Gasteiger partial charge on any atom is 0.224 e. The average molecular weight is 280 g/mol. The second-order valence-electron chi connectivity index (χ2n) is 6.65. The minimum absolute atomic E-state index is 0.0436. The zero-order chi connectivity index (χ0) is 14.2. The Balaban J connectivity index is 1.32. The van der Waals surface area contributed by atoms with Crippen molar-refractivity contribution in [1.82, 2.24) is 10.2 Å². The van der Waals surface area contributed by atoms with Crippen molar-refractivity contribution >= 4 is 11.8 Å². The summed E-state index contributed by atoms with van der Waals surface area (Å²) in [6.07, 6.45) is 6.79. The number of carbonyl (C=O) groups is 2. The van der Waals surface area contributed by atoms with Gasteiger partial charge in [-0.1, -0.05) is 12.8 Å². The van der Waals surface area contributed by atoms with Crippen LogP contribution in [-0.4, -0.2) is 47.1 Å². The highest BCUT2D eigenvalue weighted by molar-refractivity contribution is 5.81. The monoisotopic (exact) mass is 280 g/mol. The van der Waals surface area contributed by atoms with Gasteiger partial charge in [0, 0.05) is 18.9 Å². The largest absolute Gasteiger partial charge is 0.386 e. The van der Waals surface area contributed by atoms with Gasteiger partial charge in [-0.2, -0.15) is 0 Å². The lowest BCUT2D eigenvalue weighted by Crippen LogP contribution is -2.64. The minimum atomic E-state index is -0.608. The van der Waals surface area contributed by atoms with E-state index < -0.39 is 5.60 Å². The second kappa shape index (κ2) is 5.35. The highest BCUT2D eigenvalue weighted by Crippen LogP contribution is 2.44. The van der Waals surface area contributed by atoms with Gasteiger partial charge in [0.2, 0.25) is 11.8 Å². The summed E-state index contributed by atoms with van der Waals surface area (Å²) in [5.74, 6) is 0.720. The predicted octanol–water partition coefficient (Wildman–Crippen LogP) is 0.666. The molecule has 2 aliphatic carbocycles. The molecule has 20 heavy (non-hydrogen) atoms. The number of likely N-dealkylation sites (tertiary alicyclic amines) is 1. The Morgan fingerprint density at radius 3 is 2.40 bits per heavy atom. The summed E-state index contributed by atoms with van der Waals surface area (Å²) in [6, 6.07) is 0. The van der Waals surface area contributed by atoms with E-state index in [4.69, 9.17) is 0 Å². The zero-order valence-electron chi connectivity index (χ0n) is 11.9. The molecule has 0 aromatic carbocycles. The van der Waals surface area contributed by atoms with E-state index in [1.165, 1.54) is 0 Å². The lowest BCUT2D eigenvalue weighted by Gasteiger charge is -2.47. The van der Waals surface area contributed by atoms with Gasteiger partial charge in [0.15, 0.2) is 0 Å². The maximum absolute atomic E-state index is 11.9. The Hall–Kier alpha value is -1.10. The Morgan fingerprint density at radius 2 is 1.80 bits per heavy atom. The number of carbonyl (C=O) groups excluding carboxylic acids is 2. The van der Waals surface area contributed by atoms with E-state index in [-0.39, 0.29) is 17.7 Å². The fourth-order valence-corrected chi connectivity index (χ4v) is 3.45. The first-order valence-electron chi connectivity index (χ1n) is 7.86. The predicted molar refractivity (Wildman–Crippen MR) is 73.8 cm³/mol. The summed E-state index contributed by atoms with van der Waals surface area (Å²) in [4.78, 5) is 25.4. The molecule has 5 heteroatoms. The van der Waals surface area contributed by atoms with E-state index in [1.54, 1.807) is 4.90 Å². The SMILES string of the molecule is O=C(NCCC(=O)N1CC(O)(C2CC2)C1)C1CCCC1. The summed E-state index contributed by atoms with van der Waals surface area (Å²) in [5, 5.41) is 13.0. The van der Waals surface area contributed by atoms with Crippen LogP contribution >= 0.6 is 0 Å². The van der Waals surface area contributed by atoms with Crippen LogP contribution in [0.15, 0.2) is 0 Å². The Labute approximate surface area is 119 Å².